The molecule has 1 aliphatic rings. The molecule has 118 valence electrons. The highest BCUT2D eigenvalue weighted by molar-refractivity contribution is 5.83. The Kier molecular flexibility index (Phi) is 4.22. The molecular weight excluding hydrogens is 274 g/mol. The molecule has 1 saturated carbocycles. The highest BCUT2D eigenvalue weighted by atomic mass is 16.3. The van der Waals surface area contributed by atoms with E-state index in [4.69, 9.17) is 0 Å². The van der Waals surface area contributed by atoms with Crippen LogP contribution in [0.3, 0.4) is 0 Å². The van der Waals surface area contributed by atoms with E-state index >= 15 is 0 Å². The van der Waals surface area contributed by atoms with E-state index in [0.717, 1.165) is 30.3 Å². The van der Waals surface area contributed by atoms with Crippen molar-refractivity contribution in [2.45, 2.75) is 31.0 Å². The molecule has 3 unspecified atom stereocenters. The van der Waals surface area contributed by atoms with Crippen LogP contribution in [0.15, 0.2) is 42.5 Å². The van der Waals surface area contributed by atoms with Gasteiger partial charge in [0.1, 0.15) is 0 Å². The van der Waals surface area contributed by atoms with Crippen molar-refractivity contribution in [3.63, 3.8) is 0 Å². The quantitative estimate of drug-likeness (QED) is 0.916. The van der Waals surface area contributed by atoms with Crippen LogP contribution in [-0.4, -0.2) is 41.9 Å². The van der Waals surface area contributed by atoms with E-state index < -0.39 is 11.7 Å². The van der Waals surface area contributed by atoms with E-state index in [1.807, 2.05) is 32.3 Å². The van der Waals surface area contributed by atoms with Crippen molar-refractivity contribution < 1.29 is 10.2 Å². The lowest BCUT2D eigenvalue weighted by Gasteiger charge is -2.43. The molecule has 0 aliphatic heterocycles. The zero-order chi connectivity index (χ0) is 15.7. The minimum atomic E-state index is -0.952. The van der Waals surface area contributed by atoms with Crippen molar-refractivity contribution in [1.29, 1.82) is 0 Å². The predicted octanol–water partition coefficient (Wildman–Crippen LogP) is 2.75. The first kappa shape index (κ1) is 15.5. The highest BCUT2D eigenvalue weighted by Gasteiger charge is 2.43. The van der Waals surface area contributed by atoms with Gasteiger partial charge in [-0.25, -0.2) is 0 Å². The molecule has 1 aliphatic carbocycles. The van der Waals surface area contributed by atoms with Gasteiger partial charge in [-0.05, 0) is 49.3 Å². The van der Waals surface area contributed by atoms with Gasteiger partial charge < -0.3 is 15.1 Å². The van der Waals surface area contributed by atoms with Crippen molar-refractivity contribution >= 4 is 10.8 Å². The third-order valence-corrected chi connectivity index (χ3v) is 4.91. The first-order valence-corrected chi connectivity index (χ1v) is 8.03. The van der Waals surface area contributed by atoms with Gasteiger partial charge in [-0.2, -0.15) is 0 Å². The molecule has 3 rings (SSSR count). The van der Waals surface area contributed by atoms with Crippen molar-refractivity contribution in [2.75, 3.05) is 20.6 Å². The van der Waals surface area contributed by atoms with Crippen LogP contribution in [0.1, 0.15) is 24.8 Å². The molecule has 0 aromatic heterocycles. The average Bonchev–Trinajstić information content (AvgIpc) is 2.49. The molecule has 22 heavy (non-hydrogen) atoms. The lowest BCUT2D eigenvalue weighted by molar-refractivity contribution is -0.0991. The summed E-state index contributed by atoms with van der Waals surface area (Å²) in [6, 6.07) is 14.4. The smallest absolute Gasteiger partial charge is 0.0961 e. The molecule has 0 spiro atoms. The van der Waals surface area contributed by atoms with Gasteiger partial charge in [0.15, 0.2) is 0 Å². The molecular formula is C19H25NO2. The topological polar surface area (TPSA) is 43.7 Å². The summed E-state index contributed by atoms with van der Waals surface area (Å²) in [4.78, 5) is 2.12. The molecule has 0 heterocycles. The molecule has 3 heteroatoms. The van der Waals surface area contributed by atoms with Crippen molar-refractivity contribution in [2.24, 2.45) is 5.92 Å². The van der Waals surface area contributed by atoms with Crippen LogP contribution in [0.5, 0.6) is 0 Å². The molecule has 2 aromatic rings. The van der Waals surface area contributed by atoms with Gasteiger partial charge in [0.2, 0.25) is 0 Å². The number of benzene rings is 2. The van der Waals surface area contributed by atoms with Gasteiger partial charge in [-0.1, -0.05) is 36.4 Å². The van der Waals surface area contributed by atoms with E-state index in [0.29, 0.717) is 6.42 Å². The van der Waals surface area contributed by atoms with Crippen LogP contribution in [0.4, 0.5) is 0 Å². The Morgan fingerprint density at radius 1 is 1.09 bits per heavy atom. The fraction of sp³-hybridized carbons (Fsp3) is 0.474. The maximum atomic E-state index is 11.4. The van der Waals surface area contributed by atoms with Gasteiger partial charge in [-0.3, -0.25) is 0 Å². The molecule has 2 aromatic carbocycles. The summed E-state index contributed by atoms with van der Waals surface area (Å²) in [5, 5.41) is 23.8. The number of aliphatic hydroxyl groups excluding tert-OH is 1. The summed E-state index contributed by atoms with van der Waals surface area (Å²) in [5.74, 6) is 0.145. The monoisotopic (exact) mass is 299 g/mol. The standard InChI is InChI=1S/C19H25NO2/c1-20(2)13-17-9-10-18(21)12-19(17,22)16-8-7-14-5-3-4-6-15(14)11-16/h3-8,11,17-18,21-22H,9-10,12-13H2,1-2H3. The van der Waals surface area contributed by atoms with E-state index in [-0.39, 0.29) is 5.92 Å². The van der Waals surface area contributed by atoms with Gasteiger partial charge in [0, 0.05) is 18.9 Å². The first-order valence-electron chi connectivity index (χ1n) is 8.03. The Morgan fingerprint density at radius 3 is 2.55 bits per heavy atom. The second-order valence-electron chi connectivity index (χ2n) is 6.88. The highest BCUT2D eigenvalue weighted by Crippen LogP contribution is 2.42. The lowest BCUT2D eigenvalue weighted by Crippen LogP contribution is -2.46. The zero-order valence-corrected chi connectivity index (χ0v) is 13.4. The maximum Gasteiger partial charge on any atom is 0.0961 e. The zero-order valence-electron chi connectivity index (χ0n) is 13.4. The van der Waals surface area contributed by atoms with Gasteiger partial charge >= 0.3 is 0 Å². The number of aliphatic hydroxyl groups is 2. The number of hydrogen-bond donors (Lipinski definition) is 2. The van der Waals surface area contributed by atoms with E-state index in [1.165, 1.54) is 5.39 Å². The van der Waals surface area contributed by atoms with Crippen LogP contribution in [0.2, 0.25) is 0 Å². The molecule has 3 atom stereocenters. The predicted molar refractivity (Wildman–Crippen MR) is 89.7 cm³/mol. The summed E-state index contributed by atoms with van der Waals surface area (Å²) in [5.41, 5.74) is -0.0248. The second kappa shape index (κ2) is 5.99. The van der Waals surface area contributed by atoms with Crippen LogP contribution in [-0.2, 0) is 5.60 Å². The number of hydrogen-bond acceptors (Lipinski definition) is 3. The van der Waals surface area contributed by atoms with E-state index in [9.17, 15) is 10.2 Å². The lowest BCUT2D eigenvalue weighted by atomic mass is 9.70. The van der Waals surface area contributed by atoms with E-state index in [2.05, 4.69) is 29.2 Å². The minimum Gasteiger partial charge on any atom is -0.393 e. The number of nitrogens with zero attached hydrogens (tertiary/aromatic N) is 1. The van der Waals surface area contributed by atoms with Gasteiger partial charge in [0.25, 0.3) is 0 Å². The maximum absolute atomic E-state index is 11.4. The van der Waals surface area contributed by atoms with Crippen LogP contribution >= 0.6 is 0 Å². The van der Waals surface area contributed by atoms with Gasteiger partial charge in [-0.15, -0.1) is 0 Å². The summed E-state index contributed by atoms with van der Waals surface area (Å²) in [7, 11) is 4.07. The summed E-state index contributed by atoms with van der Waals surface area (Å²) < 4.78 is 0. The molecule has 0 radical (unpaired) electrons. The van der Waals surface area contributed by atoms with Gasteiger partial charge in [0.05, 0.1) is 11.7 Å². The summed E-state index contributed by atoms with van der Waals surface area (Å²) in [6.45, 7) is 0.829. The minimum absolute atomic E-state index is 0.145. The fourth-order valence-corrected chi connectivity index (χ4v) is 3.76. The number of rotatable bonds is 3. The Hall–Kier alpha value is -1.42. The normalized spacial score (nSPS) is 29.1. The Balaban J connectivity index is 2.02. The van der Waals surface area contributed by atoms with Crippen LogP contribution in [0.25, 0.3) is 10.8 Å². The number of fused-ring (bicyclic) bond motifs is 1. The third kappa shape index (κ3) is 2.89. The Bertz CT molecular complexity index is 655. The molecule has 1 fully saturated rings. The van der Waals surface area contributed by atoms with Crippen LogP contribution in [0, 0.1) is 5.92 Å². The fourth-order valence-electron chi connectivity index (χ4n) is 3.76. The Morgan fingerprint density at radius 2 is 1.82 bits per heavy atom. The SMILES string of the molecule is CN(C)CC1CCC(O)CC1(O)c1ccc2ccccc2c1. The van der Waals surface area contributed by atoms with Crippen molar-refractivity contribution in [1.82, 2.24) is 4.90 Å². The largest absolute Gasteiger partial charge is 0.393 e. The third-order valence-electron chi connectivity index (χ3n) is 4.91. The molecule has 2 N–H and O–H groups in total. The second-order valence-corrected chi connectivity index (χ2v) is 6.88. The summed E-state index contributed by atoms with van der Waals surface area (Å²) in [6.07, 6.45) is 1.62. The van der Waals surface area contributed by atoms with Crippen molar-refractivity contribution in [3.8, 4) is 0 Å². The Labute approximate surface area is 132 Å². The average molecular weight is 299 g/mol. The van der Waals surface area contributed by atoms with Crippen molar-refractivity contribution in [3.05, 3.63) is 48.0 Å². The van der Waals surface area contributed by atoms with Crippen LogP contribution < -0.4 is 0 Å². The molecule has 3 nitrogen and oxygen atoms in total. The molecule has 0 saturated heterocycles. The molecule has 0 bridgehead atoms. The van der Waals surface area contributed by atoms with E-state index in [1.54, 1.807) is 0 Å². The molecule has 0 amide bonds. The summed E-state index contributed by atoms with van der Waals surface area (Å²) >= 11 is 0. The first-order chi connectivity index (χ1) is 10.5.